The van der Waals surface area contributed by atoms with Gasteiger partial charge in [-0.05, 0) is 23.6 Å². The number of rotatable bonds is 9. The summed E-state index contributed by atoms with van der Waals surface area (Å²) in [5, 5.41) is 13.7. The predicted octanol–water partition coefficient (Wildman–Crippen LogP) is 2.32. The van der Waals surface area contributed by atoms with Crippen molar-refractivity contribution in [2.75, 3.05) is 29.0 Å². The van der Waals surface area contributed by atoms with E-state index >= 15 is 0 Å². The van der Waals surface area contributed by atoms with Crippen LogP contribution in [0.15, 0.2) is 58.1 Å². The monoisotopic (exact) mass is 484 g/mol. The number of hydrogen-bond donors (Lipinski definition) is 3. The number of carbonyl (C=O) groups is 1. The lowest BCUT2D eigenvalue weighted by atomic mass is 10.2. The first kappa shape index (κ1) is 25.1. The average Bonchev–Trinajstić information content (AvgIpc) is 2.80. The number of hydrogen-bond acceptors (Lipinski definition) is 7. The topological polar surface area (TPSA) is 156 Å². The maximum absolute atomic E-state index is 13.6. The van der Waals surface area contributed by atoms with Crippen LogP contribution >= 0.6 is 0 Å². The molecule has 0 aliphatic rings. The van der Waals surface area contributed by atoms with E-state index in [4.69, 9.17) is 5.73 Å². The van der Waals surface area contributed by atoms with Crippen molar-refractivity contribution in [3.8, 4) is 0 Å². The van der Waals surface area contributed by atoms with Gasteiger partial charge in [-0.1, -0.05) is 44.2 Å². The van der Waals surface area contributed by atoms with Crippen LogP contribution in [-0.4, -0.2) is 33.5 Å². The Hall–Kier alpha value is -4.48. The molecular formula is C23H25FN6O5. The predicted molar refractivity (Wildman–Crippen MR) is 130 cm³/mol. The molecule has 1 heterocycles. The highest BCUT2D eigenvalue weighted by Gasteiger charge is 2.25. The molecule has 0 saturated carbocycles. The Balaban J connectivity index is 1.94. The number of halogens is 1. The molecule has 1 amide bonds. The molecule has 0 aliphatic heterocycles. The summed E-state index contributed by atoms with van der Waals surface area (Å²) in [6.07, 6.45) is 0. The molecule has 0 atom stereocenters. The molecule has 0 fully saturated rings. The highest BCUT2D eigenvalue weighted by atomic mass is 19.1. The molecule has 4 N–H and O–H groups in total. The molecule has 1 aromatic heterocycles. The van der Waals surface area contributed by atoms with Crippen LogP contribution in [0.25, 0.3) is 0 Å². The van der Waals surface area contributed by atoms with E-state index in [1.165, 1.54) is 15.5 Å². The number of aromatic nitrogens is 2. The number of nitro benzene ring substituents is 1. The molecule has 0 saturated heterocycles. The van der Waals surface area contributed by atoms with Crippen molar-refractivity contribution in [3.63, 3.8) is 0 Å². The van der Waals surface area contributed by atoms with E-state index in [0.29, 0.717) is 0 Å². The number of anilines is 3. The Labute approximate surface area is 199 Å². The second-order valence-corrected chi connectivity index (χ2v) is 8.24. The van der Waals surface area contributed by atoms with E-state index in [9.17, 15) is 28.9 Å². The Morgan fingerprint density at radius 2 is 1.91 bits per heavy atom. The van der Waals surface area contributed by atoms with E-state index in [0.717, 1.165) is 17.7 Å². The van der Waals surface area contributed by atoms with Crippen LogP contribution in [0.1, 0.15) is 19.4 Å². The number of nitrogens with two attached hydrogens (primary N) is 1. The quantitative estimate of drug-likeness (QED) is 0.311. The largest absolute Gasteiger partial charge is 0.383 e. The van der Waals surface area contributed by atoms with Gasteiger partial charge in [-0.15, -0.1) is 0 Å². The van der Waals surface area contributed by atoms with Gasteiger partial charge < -0.3 is 16.0 Å². The maximum Gasteiger partial charge on any atom is 0.330 e. The average molecular weight is 484 g/mol. The molecule has 12 heteroatoms. The normalized spacial score (nSPS) is 10.9. The summed E-state index contributed by atoms with van der Waals surface area (Å²) in [6, 6.07) is 12.1. The number of amides is 1. The zero-order valence-corrected chi connectivity index (χ0v) is 19.2. The van der Waals surface area contributed by atoms with Gasteiger partial charge in [0.25, 0.3) is 5.56 Å². The number of nitrogens with one attached hydrogen (secondary N) is 2. The highest BCUT2D eigenvalue weighted by molar-refractivity contribution is 5.98. The van der Waals surface area contributed by atoms with Gasteiger partial charge in [-0.2, -0.15) is 4.39 Å². The van der Waals surface area contributed by atoms with E-state index in [1.807, 2.05) is 19.9 Å². The molecular weight excluding hydrogens is 459 g/mol. The molecule has 3 rings (SSSR count). The summed E-state index contributed by atoms with van der Waals surface area (Å²) in [7, 11) is 0. The van der Waals surface area contributed by atoms with E-state index < -0.39 is 33.6 Å². The van der Waals surface area contributed by atoms with Crippen molar-refractivity contribution < 1.29 is 14.1 Å². The van der Waals surface area contributed by atoms with Crippen molar-refractivity contribution >= 4 is 28.8 Å². The van der Waals surface area contributed by atoms with Crippen molar-refractivity contribution in [1.82, 2.24) is 9.55 Å². The second-order valence-electron chi connectivity index (χ2n) is 8.24. The highest BCUT2D eigenvalue weighted by Crippen LogP contribution is 2.23. The number of H-pyrrole nitrogens is 1. The number of carbonyl (C=O) groups excluding carboxylic acids is 1. The van der Waals surface area contributed by atoms with Crippen LogP contribution in [0.3, 0.4) is 0 Å². The lowest BCUT2D eigenvalue weighted by molar-refractivity contribution is -0.387. The molecule has 3 aromatic rings. The molecule has 11 nitrogen and oxygen atoms in total. The number of nitrogen functional groups attached to an aromatic ring is 1. The number of aromatic amines is 1. The standard InChI is InChI=1S/C23H25FN6O5/c1-14(2)12-28(19(31)11-26-16-8-9-17(24)18(10-16)30(34)35)20-21(25)29(23(33)27-22(20)32)13-15-6-4-3-5-7-15/h3-10,14,26H,11-13,25H2,1-2H3,(H,27,32,33). The molecule has 35 heavy (non-hydrogen) atoms. The third-order valence-corrected chi connectivity index (χ3v) is 5.10. The van der Waals surface area contributed by atoms with Crippen LogP contribution in [0, 0.1) is 21.8 Å². The minimum absolute atomic E-state index is 0.0702. The lowest BCUT2D eigenvalue weighted by Gasteiger charge is -2.26. The first-order valence-electron chi connectivity index (χ1n) is 10.7. The summed E-state index contributed by atoms with van der Waals surface area (Å²) in [5.74, 6) is -1.82. The Morgan fingerprint density at radius 3 is 2.54 bits per heavy atom. The molecule has 0 bridgehead atoms. The van der Waals surface area contributed by atoms with Crippen molar-refractivity contribution in [2.45, 2.75) is 20.4 Å². The summed E-state index contributed by atoms with van der Waals surface area (Å²) in [5.41, 5.74) is 4.70. The zero-order chi connectivity index (χ0) is 25.7. The Bertz CT molecular complexity index is 1350. The van der Waals surface area contributed by atoms with Crippen molar-refractivity contribution in [1.29, 1.82) is 0 Å². The molecule has 0 unspecified atom stereocenters. The van der Waals surface area contributed by atoms with Gasteiger partial charge in [0.2, 0.25) is 11.7 Å². The molecule has 0 aliphatic carbocycles. The minimum atomic E-state index is -1.01. The summed E-state index contributed by atoms with van der Waals surface area (Å²) < 4.78 is 14.8. The summed E-state index contributed by atoms with van der Waals surface area (Å²) in [4.78, 5) is 51.9. The number of nitro groups is 1. The lowest BCUT2D eigenvalue weighted by Crippen LogP contribution is -2.44. The van der Waals surface area contributed by atoms with Gasteiger partial charge >= 0.3 is 11.4 Å². The first-order valence-corrected chi connectivity index (χ1v) is 10.7. The Kier molecular flexibility index (Phi) is 7.64. The SMILES string of the molecule is CC(C)CN(C(=O)CNc1ccc(F)c([N+](=O)[O-])c1)c1c(N)n(Cc2ccccc2)c(=O)[nH]c1=O. The third kappa shape index (κ3) is 5.91. The fourth-order valence-corrected chi connectivity index (χ4v) is 3.48. The van der Waals surface area contributed by atoms with Gasteiger partial charge in [-0.3, -0.25) is 29.3 Å². The van der Waals surface area contributed by atoms with Crippen LogP contribution in [0.4, 0.5) is 27.3 Å². The van der Waals surface area contributed by atoms with Gasteiger partial charge in [0, 0.05) is 18.3 Å². The summed E-state index contributed by atoms with van der Waals surface area (Å²) in [6.45, 7) is 3.49. The van der Waals surface area contributed by atoms with E-state index in [2.05, 4.69) is 10.3 Å². The summed E-state index contributed by atoms with van der Waals surface area (Å²) >= 11 is 0. The van der Waals surface area contributed by atoms with Gasteiger partial charge in [-0.25, -0.2) is 4.79 Å². The first-order chi connectivity index (χ1) is 16.6. The second kappa shape index (κ2) is 10.6. The van der Waals surface area contributed by atoms with Gasteiger partial charge in [0.05, 0.1) is 18.0 Å². The van der Waals surface area contributed by atoms with Crippen molar-refractivity contribution in [2.24, 2.45) is 5.92 Å². The molecule has 0 radical (unpaired) electrons. The van der Waals surface area contributed by atoms with Gasteiger partial charge in [0.15, 0.2) is 5.69 Å². The minimum Gasteiger partial charge on any atom is -0.383 e. The van der Waals surface area contributed by atoms with Crippen LogP contribution in [-0.2, 0) is 11.3 Å². The van der Waals surface area contributed by atoms with E-state index in [1.54, 1.807) is 24.3 Å². The third-order valence-electron chi connectivity index (χ3n) is 5.10. The maximum atomic E-state index is 13.6. The van der Waals surface area contributed by atoms with Crippen LogP contribution < -0.4 is 27.2 Å². The van der Waals surface area contributed by atoms with E-state index in [-0.39, 0.29) is 42.7 Å². The van der Waals surface area contributed by atoms with Crippen molar-refractivity contribution in [3.05, 3.63) is 90.9 Å². The fraction of sp³-hybridized carbons (Fsp3) is 0.261. The molecule has 0 spiro atoms. The van der Waals surface area contributed by atoms with Gasteiger partial charge in [0.1, 0.15) is 5.82 Å². The van der Waals surface area contributed by atoms with Crippen LogP contribution in [0.2, 0.25) is 0 Å². The smallest absolute Gasteiger partial charge is 0.330 e. The fourth-order valence-electron chi connectivity index (χ4n) is 3.48. The Morgan fingerprint density at radius 1 is 1.23 bits per heavy atom. The number of nitrogens with zero attached hydrogens (tertiary/aromatic N) is 3. The molecule has 184 valence electrons. The molecule has 2 aromatic carbocycles. The van der Waals surface area contributed by atoms with Crippen LogP contribution in [0.5, 0.6) is 0 Å². The number of benzene rings is 2. The zero-order valence-electron chi connectivity index (χ0n) is 19.2.